The lowest BCUT2D eigenvalue weighted by molar-refractivity contribution is -0.137. The molecule has 0 aliphatic heterocycles. The predicted octanol–water partition coefficient (Wildman–Crippen LogP) is 4.54. The van der Waals surface area contributed by atoms with E-state index in [4.69, 9.17) is 11.6 Å². The molecule has 0 aliphatic carbocycles. The quantitative estimate of drug-likeness (QED) is 0.563. The molecule has 0 aliphatic rings. The summed E-state index contributed by atoms with van der Waals surface area (Å²) in [6.07, 6.45) is -1.71. The summed E-state index contributed by atoms with van der Waals surface area (Å²) in [7, 11) is -4.39. The average Bonchev–Trinajstić information content (AvgIpc) is 2.68. The topological polar surface area (TPSA) is 63.2 Å². The number of alkyl halides is 3. The van der Waals surface area contributed by atoms with Crippen LogP contribution in [0.15, 0.2) is 71.9 Å². The Morgan fingerprint density at radius 1 is 0.897 bits per heavy atom. The fraction of sp³-hybridized carbons (Fsp3) is 0.158. The van der Waals surface area contributed by atoms with E-state index in [-0.39, 0.29) is 18.1 Å². The molecule has 10 heteroatoms. The van der Waals surface area contributed by atoms with Crippen molar-refractivity contribution >= 4 is 21.6 Å². The first kappa shape index (κ1) is 21.2. The van der Waals surface area contributed by atoms with Crippen LogP contribution in [0.2, 0.25) is 5.02 Å². The molecule has 0 saturated heterocycles. The highest BCUT2D eigenvalue weighted by molar-refractivity contribution is 7.89. The molecule has 5 nitrogen and oxygen atoms in total. The molecule has 2 heterocycles. The van der Waals surface area contributed by atoms with Crippen LogP contribution in [-0.4, -0.2) is 22.7 Å². The van der Waals surface area contributed by atoms with E-state index in [0.29, 0.717) is 17.5 Å². The molecule has 0 radical (unpaired) electrons. The minimum Gasteiger partial charge on any atom is -0.260 e. The van der Waals surface area contributed by atoms with Gasteiger partial charge in [0.2, 0.25) is 10.0 Å². The Kier molecular flexibility index (Phi) is 6.21. The van der Waals surface area contributed by atoms with Crippen LogP contribution in [0, 0.1) is 0 Å². The molecule has 3 rings (SSSR count). The van der Waals surface area contributed by atoms with E-state index in [0.717, 1.165) is 16.4 Å². The average molecular weight is 442 g/mol. The van der Waals surface area contributed by atoms with Gasteiger partial charge in [-0.1, -0.05) is 23.7 Å². The summed E-state index contributed by atoms with van der Waals surface area (Å²) in [6.45, 7) is -0.321. The van der Waals surface area contributed by atoms with Gasteiger partial charge in [0.25, 0.3) is 0 Å². The molecule has 3 aromatic rings. The number of aromatic nitrogens is 2. The van der Waals surface area contributed by atoms with Crippen molar-refractivity contribution in [1.82, 2.24) is 14.3 Å². The van der Waals surface area contributed by atoms with Crippen molar-refractivity contribution in [2.75, 3.05) is 0 Å². The zero-order valence-corrected chi connectivity index (χ0v) is 16.4. The van der Waals surface area contributed by atoms with Crippen molar-refractivity contribution in [3.63, 3.8) is 0 Å². The molecular formula is C19H15ClF3N3O2S. The van der Waals surface area contributed by atoms with Gasteiger partial charge >= 0.3 is 6.18 Å². The lowest BCUT2D eigenvalue weighted by atomic mass is 10.2. The smallest absolute Gasteiger partial charge is 0.260 e. The molecule has 0 unspecified atom stereocenters. The summed E-state index contributed by atoms with van der Waals surface area (Å²) in [5, 5.41) is -0.301. The van der Waals surface area contributed by atoms with Crippen molar-refractivity contribution in [3.8, 4) is 0 Å². The van der Waals surface area contributed by atoms with Crippen molar-refractivity contribution in [1.29, 1.82) is 0 Å². The van der Waals surface area contributed by atoms with Crippen LogP contribution >= 0.6 is 11.6 Å². The molecular weight excluding hydrogens is 427 g/mol. The van der Waals surface area contributed by atoms with Crippen LogP contribution in [-0.2, 0) is 29.3 Å². The summed E-state index contributed by atoms with van der Waals surface area (Å²) in [5.74, 6) is 0. The van der Waals surface area contributed by atoms with Crippen LogP contribution in [0.3, 0.4) is 0 Å². The maximum absolute atomic E-state index is 13.3. The van der Waals surface area contributed by atoms with Crippen LogP contribution in [0.25, 0.3) is 0 Å². The summed E-state index contributed by atoms with van der Waals surface area (Å²) in [4.78, 5) is 7.59. The molecule has 0 atom stereocenters. The molecule has 0 N–H and O–H groups in total. The summed E-state index contributed by atoms with van der Waals surface area (Å²) in [6, 6.07) is 12.2. The number of hydrogen-bond donors (Lipinski definition) is 0. The largest absolute Gasteiger partial charge is 0.416 e. The third-order valence-corrected chi connectivity index (χ3v) is 6.28. The SMILES string of the molecule is O=S(=O)(c1cc(C(F)(F)F)ccc1Cl)N(Cc1ccccn1)Cc1ccccn1. The van der Waals surface area contributed by atoms with Gasteiger partial charge in [-0.3, -0.25) is 9.97 Å². The number of hydrogen-bond acceptors (Lipinski definition) is 4. The van der Waals surface area contributed by atoms with Gasteiger partial charge in [-0.2, -0.15) is 17.5 Å². The maximum Gasteiger partial charge on any atom is 0.416 e. The van der Waals surface area contributed by atoms with Gasteiger partial charge in [0.15, 0.2) is 0 Å². The fourth-order valence-corrected chi connectivity index (χ4v) is 4.47. The molecule has 1 aromatic carbocycles. The number of pyridine rings is 2. The molecule has 0 amide bonds. The highest BCUT2D eigenvalue weighted by atomic mass is 35.5. The zero-order valence-electron chi connectivity index (χ0n) is 14.8. The number of nitrogens with zero attached hydrogens (tertiary/aromatic N) is 3. The first-order valence-electron chi connectivity index (χ1n) is 8.34. The zero-order chi connectivity index (χ0) is 21.1. The standard InChI is InChI=1S/C19H15ClF3N3O2S/c20-17-8-7-14(19(21,22)23)11-18(17)29(27,28)26(12-15-5-1-3-9-24-15)13-16-6-2-4-10-25-16/h1-11H,12-13H2. The maximum atomic E-state index is 13.3. The molecule has 29 heavy (non-hydrogen) atoms. The molecule has 0 saturated carbocycles. The van der Waals surface area contributed by atoms with Crippen LogP contribution in [0.4, 0.5) is 13.2 Å². The third-order valence-electron chi connectivity index (χ3n) is 4.01. The van der Waals surface area contributed by atoms with Crippen LogP contribution < -0.4 is 0 Å². The van der Waals surface area contributed by atoms with E-state index in [1.165, 1.54) is 12.4 Å². The van der Waals surface area contributed by atoms with E-state index in [2.05, 4.69) is 9.97 Å². The van der Waals surface area contributed by atoms with Crippen molar-refractivity contribution in [2.24, 2.45) is 0 Å². The summed E-state index contributed by atoms with van der Waals surface area (Å²) in [5.41, 5.74) is -0.249. The van der Waals surface area contributed by atoms with E-state index in [1.54, 1.807) is 36.4 Å². The Morgan fingerprint density at radius 2 is 1.45 bits per heavy atom. The van der Waals surface area contributed by atoms with Gasteiger partial charge in [-0.15, -0.1) is 0 Å². The minimum atomic E-state index is -4.71. The van der Waals surface area contributed by atoms with Gasteiger partial charge in [0.05, 0.1) is 35.1 Å². The van der Waals surface area contributed by atoms with Crippen LogP contribution in [0.5, 0.6) is 0 Å². The second-order valence-corrected chi connectivity index (χ2v) is 8.37. The van der Waals surface area contributed by atoms with Gasteiger partial charge in [0, 0.05) is 12.4 Å². The highest BCUT2D eigenvalue weighted by Crippen LogP contribution is 2.35. The van der Waals surface area contributed by atoms with Crippen LogP contribution in [0.1, 0.15) is 17.0 Å². The monoisotopic (exact) mass is 441 g/mol. The van der Waals surface area contributed by atoms with Gasteiger partial charge in [0.1, 0.15) is 4.90 Å². The minimum absolute atomic E-state index is 0.160. The number of rotatable bonds is 6. The van der Waals surface area contributed by atoms with Gasteiger partial charge in [-0.05, 0) is 42.5 Å². The molecule has 0 spiro atoms. The third kappa shape index (κ3) is 5.11. The van der Waals surface area contributed by atoms with Gasteiger partial charge < -0.3 is 0 Å². The lowest BCUT2D eigenvalue weighted by Crippen LogP contribution is -2.31. The summed E-state index contributed by atoms with van der Waals surface area (Å²) >= 11 is 5.98. The Hall–Kier alpha value is -2.49. The van der Waals surface area contributed by atoms with E-state index in [1.807, 2.05) is 0 Å². The van der Waals surface area contributed by atoms with Crippen molar-refractivity contribution in [3.05, 3.63) is 89.0 Å². The molecule has 2 aromatic heterocycles. The lowest BCUT2D eigenvalue weighted by Gasteiger charge is -2.23. The second kappa shape index (κ2) is 8.48. The Labute approximate surface area is 170 Å². The normalized spacial score (nSPS) is 12.3. The van der Waals surface area contributed by atoms with E-state index < -0.39 is 26.7 Å². The molecule has 0 fully saturated rings. The Bertz CT molecular complexity index is 1040. The number of halogens is 4. The Balaban J connectivity index is 2.06. The van der Waals surface area contributed by atoms with E-state index >= 15 is 0 Å². The first-order chi connectivity index (χ1) is 13.7. The first-order valence-corrected chi connectivity index (χ1v) is 10.2. The highest BCUT2D eigenvalue weighted by Gasteiger charge is 2.34. The number of benzene rings is 1. The number of sulfonamides is 1. The Morgan fingerprint density at radius 3 is 1.90 bits per heavy atom. The predicted molar refractivity (Wildman–Crippen MR) is 101 cm³/mol. The van der Waals surface area contributed by atoms with Gasteiger partial charge in [-0.25, -0.2) is 8.42 Å². The summed E-state index contributed by atoms with van der Waals surface area (Å²) < 4.78 is 66.9. The molecule has 152 valence electrons. The van der Waals surface area contributed by atoms with Crippen molar-refractivity contribution in [2.45, 2.75) is 24.2 Å². The van der Waals surface area contributed by atoms with Crippen molar-refractivity contribution < 1.29 is 21.6 Å². The van der Waals surface area contributed by atoms with E-state index in [9.17, 15) is 21.6 Å². The molecule has 0 bridgehead atoms. The second-order valence-electron chi connectivity index (χ2n) is 6.06. The fourth-order valence-electron chi connectivity index (χ4n) is 2.59.